The van der Waals surface area contributed by atoms with Gasteiger partial charge in [-0.2, -0.15) is 0 Å². The van der Waals surface area contributed by atoms with Crippen LogP contribution in [-0.2, 0) is 14.3 Å². The predicted octanol–water partition coefficient (Wildman–Crippen LogP) is 4.27. The summed E-state index contributed by atoms with van der Waals surface area (Å²) < 4.78 is 5.91. The maximum absolute atomic E-state index is 12.9. The van der Waals surface area contributed by atoms with E-state index in [0.29, 0.717) is 31.9 Å². The number of hydrogen-bond acceptors (Lipinski definition) is 4. The Morgan fingerprint density at radius 1 is 1.30 bits per heavy atom. The summed E-state index contributed by atoms with van der Waals surface area (Å²) in [7, 11) is 0. The van der Waals surface area contributed by atoms with E-state index in [4.69, 9.17) is 4.74 Å². The molecule has 1 fully saturated rings. The monoisotopic (exact) mass is 481 g/mol. The number of carbonyl (C=O) groups is 3. The first-order valence-corrected chi connectivity index (χ1v) is 11.4. The summed E-state index contributed by atoms with van der Waals surface area (Å²) in [6.45, 7) is 7.48. The molecule has 0 radical (unpaired) electrons. The second kappa shape index (κ2) is 11.9. The molecule has 1 aliphatic rings. The lowest BCUT2D eigenvalue weighted by molar-refractivity contribution is -0.151. The SMILES string of the molecule is CCOC(=O)C1CCCN(C(=O)CCN(C(=O)Nc2ccccc2Br)C(C)CC)C1. The maximum Gasteiger partial charge on any atom is 0.322 e. The van der Waals surface area contributed by atoms with Crippen molar-refractivity contribution in [1.29, 1.82) is 0 Å². The first kappa shape index (κ1) is 24.2. The van der Waals surface area contributed by atoms with Gasteiger partial charge >= 0.3 is 12.0 Å². The zero-order valence-electron chi connectivity index (χ0n) is 18.0. The van der Waals surface area contributed by atoms with E-state index in [0.717, 1.165) is 23.7 Å². The average molecular weight is 482 g/mol. The average Bonchev–Trinajstić information content (AvgIpc) is 2.75. The van der Waals surface area contributed by atoms with Crippen molar-refractivity contribution in [2.75, 3.05) is 31.6 Å². The molecule has 1 aliphatic heterocycles. The summed E-state index contributed by atoms with van der Waals surface area (Å²) in [5, 5.41) is 2.92. The molecule has 0 aliphatic carbocycles. The highest BCUT2D eigenvalue weighted by atomic mass is 79.9. The number of benzene rings is 1. The van der Waals surface area contributed by atoms with Gasteiger partial charge in [-0.25, -0.2) is 4.79 Å². The van der Waals surface area contributed by atoms with Gasteiger partial charge in [0.2, 0.25) is 5.91 Å². The van der Waals surface area contributed by atoms with E-state index < -0.39 is 0 Å². The van der Waals surface area contributed by atoms with Crippen LogP contribution >= 0.6 is 15.9 Å². The van der Waals surface area contributed by atoms with Crippen molar-refractivity contribution < 1.29 is 19.1 Å². The summed E-state index contributed by atoms with van der Waals surface area (Å²) in [5.74, 6) is -0.526. The number of piperidine rings is 1. The minimum atomic E-state index is -0.257. The molecule has 1 heterocycles. The largest absolute Gasteiger partial charge is 0.466 e. The molecule has 1 saturated heterocycles. The lowest BCUT2D eigenvalue weighted by atomic mass is 9.98. The Kier molecular flexibility index (Phi) is 9.62. The van der Waals surface area contributed by atoms with E-state index in [1.807, 2.05) is 38.1 Å². The summed E-state index contributed by atoms with van der Waals surface area (Å²) in [5.41, 5.74) is 0.690. The minimum Gasteiger partial charge on any atom is -0.466 e. The Bertz CT molecular complexity index is 743. The topological polar surface area (TPSA) is 79.0 Å². The third-order valence-electron chi connectivity index (χ3n) is 5.46. The highest BCUT2D eigenvalue weighted by molar-refractivity contribution is 9.10. The van der Waals surface area contributed by atoms with Gasteiger partial charge in [0.05, 0.1) is 18.2 Å². The fourth-order valence-electron chi connectivity index (χ4n) is 3.52. The Morgan fingerprint density at radius 2 is 2.03 bits per heavy atom. The molecule has 30 heavy (non-hydrogen) atoms. The van der Waals surface area contributed by atoms with Crippen LogP contribution in [0.25, 0.3) is 0 Å². The van der Waals surface area contributed by atoms with Crippen molar-refractivity contribution in [2.24, 2.45) is 5.92 Å². The van der Waals surface area contributed by atoms with Crippen LogP contribution in [0.15, 0.2) is 28.7 Å². The van der Waals surface area contributed by atoms with Gasteiger partial charge in [-0.1, -0.05) is 19.1 Å². The highest BCUT2D eigenvalue weighted by Crippen LogP contribution is 2.22. The lowest BCUT2D eigenvalue weighted by Gasteiger charge is -2.33. The molecular formula is C22H32BrN3O4. The summed E-state index contributed by atoms with van der Waals surface area (Å²) in [4.78, 5) is 41.1. The van der Waals surface area contributed by atoms with Crippen LogP contribution in [0.5, 0.6) is 0 Å². The fourth-order valence-corrected chi connectivity index (χ4v) is 3.91. The number of hydrogen-bond donors (Lipinski definition) is 1. The Balaban J connectivity index is 1.96. The van der Waals surface area contributed by atoms with E-state index in [2.05, 4.69) is 21.2 Å². The molecule has 2 unspecified atom stereocenters. The predicted molar refractivity (Wildman–Crippen MR) is 120 cm³/mol. The number of urea groups is 1. The van der Waals surface area contributed by atoms with Crippen molar-refractivity contribution in [3.63, 3.8) is 0 Å². The van der Waals surface area contributed by atoms with Gasteiger partial charge in [0, 0.05) is 36.6 Å². The quantitative estimate of drug-likeness (QED) is 0.562. The van der Waals surface area contributed by atoms with Gasteiger partial charge in [0.1, 0.15) is 0 Å². The van der Waals surface area contributed by atoms with E-state index in [-0.39, 0.29) is 36.3 Å². The van der Waals surface area contributed by atoms with Crippen LogP contribution in [0.4, 0.5) is 10.5 Å². The second-order valence-corrected chi connectivity index (χ2v) is 8.40. The Labute approximate surface area is 187 Å². The van der Waals surface area contributed by atoms with Crippen LogP contribution < -0.4 is 5.32 Å². The summed E-state index contributed by atoms with van der Waals surface area (Å²) in [6, 6.07) is 7.19. The molecule has 166 valence electrons. The van der Waals surface area contributed by atoms with Gasteiger partial charge in [-0.15, -0.1) is 0 Å². The number of ether oxygens (including phenoxy) is 1. The number of rotatable bonds is 8. The van der Waals surface area contributed by atoms with Gasteiger partial charge < -0.3 is 19.9 Å². The van der Waals surface area contributed by atoms with Crippen molar-refractivity contribution in [1.82, 2.24) is 9.80 Å². The molecule has 7 nitrogen and oxygen atoms in total. The van der Waals surface area contributed by atoms with Crippen LogP contribution in [0.2, 0.25) is 0 Å². The van der Waals surface area contributed by atoms with Gasteiger partial charge in [0.25, 0.3) is 0 Å². The Morgan fingerprint density at radius 3 is 2.70 bits per heavy atom. The standard InChI is InChI=1S/C22H32BrN3O4/c1-4-16(3)26(22(29)24-19-11-7-6-10-18(19)23)14-12-20(27)25-13-8-9-17(15-25)21(28)30-5-2/h6-7,10-11,16-17H,4-5,8-9,12-15H2,1-3H3,(H,24,29). The highest BCUT2D eigenvalue weighted by Gasteiger charge is 2.30. The molecule has 1 N–H and O–H groups in total. The lowest BCUT2D eigenvalue weighted by Crippen LogP contribution is -2.46. The normalized spacial score (nSPS) is 17.2. The second-order valence-electron chi connectivity index (χ2n) is 7.54. The molecule has 0 bridgehead atoms. The number of carbonyl (C=O) groups excluding carboxylic acids is 3. The van der Waals surface area contributed by atoms with Gasteiger partial charge in [-0.05, 0) is 61.2 Å². The molecule has 0 saturated carbocycles. The smallest absolute Gasteiger partial charge is 0.322 e. The third kappa shape index (κ3) is 6.72. The number of nitrogens with one attached hydrogen (secondary N) is 1. The van der Waals surface area contributed by atoms with E-state index in [9.17, 15) is 14.4 Å². The number of nitrogens with zero attached hydrogens (tertiary/aromatic N) is 2. The number of esters is 1. The molecule has 1 aromatic carbocycles. The molecule has 8 heteroatoms. The summed E-state index contributed by atoms with van der Waals surface area (Å²) in [6.07, 6.45) is 2.54. The molecular weight excluding hydrogens is 450 g/mol. The van der Waals surface area contributed by atoms with Gasteiger partial charge in [-0.3, -0.25) is 9.59 Å². The van der Waals surface area contributed by atoms with E-state index in [1.165, 1.54) is 0 Å². The van der Waals surface area contributed by atoms with Gasteiger partial charge in [0.15, 0.2) is 0 Å². The number of halogens is 1. The van der Waals surface area contributed by atoms with Crippen LogP contribution in [0, 0.1) is 5.92 Å². The van der Waals surface area contributed by atoms with E-state index in [1.54, 1.807) is 16.7 Å². The molecule has 0 spiro atoms. The number of para-hydroxylation sites is 1. The zero-order valence-corrected chi connectivity index (χ0v) is 19.6. The first-order valence-electron chi connectivity index (χ1n) is 10.6. The van der Waals surface area contributed by atoms with Crippen molar-refractivity contribution >= 4 is 39.5 Å². The van der Waals surface area contributed by atoms with Crippen molar-refractivity contribution in [2.45, 2.75) is 52.5 Å². The van der Waals surface area contributed by atoms with E-state index >= 15 is 0 Å². The molecule has 2 rings (SSSR count). The maximum atomic E-state index is 12.9. The first-order chi connectivity index (χ1) is 14.4. The molecule has 2 atom stereocenters. The molecule has 0 aromatic heterocycles. The minimum absolute atomic E-state index is 0.00563. The van der Waals surface area contributed by atoms with Crippen LogP contribution in [-0.4, -0.2) is 60.0 Å². The zero-order chi connectivity index (χ0) is 22.1. The number of anilines is 1. The number of likely N-dealkylation sites (tertiary alicyclic amines) is 1. The van der Waals surface area contributed by atoms with Crippen LogP contribution in [0.3, 0.4) is 0 Å². The van der Waals surface area contributed by atoms with Crippen LogP contribution in [0.1, 0.15) is 46.5 Å². The summed E-state index contributed by atoms with van der Waals surface area (Å²) >= 11 is 3.44. The fraction of sp³-hybridized carbons (Fsp3) is 0.591. The van der Waals surface area contributed by atoms with Crippen molar-refractivity contribution in [3.8, 4) is 0 Å². The van der Waals surface area contributed by atoms with Crippen molar-refractivity contribution in [3.05, 3.63) is 28.7 Å². The number of amides is 3. The molecule has 1 aromatic rings. The Hall–Kier alpha value is -2.09. The molecule has 3 amide bonds. The third-order valence-corrected chi connectivity index (χ3v) is 6.15.